The van der Waals surface area contributed by atoms with Gasteiger partial charge in [0.15, 0.2) is 0 Å². The minimum absolute atomic E-state index is 0.192. The van der Waals surface area contributed by atoms with Gasteiger partial charge >= 0.3 is 0 Å². The maximum atomic E-state index is 12.6. The Balaban J connectivity index is 2.70. The number of amides is 1. The number of hydrogen-bond donors (Lipinski definition) is 1. The number of carbonyl (C=O) groups excluding carboxylic acids is 1. The predicted octanol–water partition coefficient (Wildman–Crippen LogP) is 2.69. The Kier molecular flexibility index (Phi) is 5.44. The highest BCUT2D eigenvalue weighted by atomic mass is 16.2. The molecule has 0 bridgehead atoms. The van der Waals surface area contributed by atoms with E-state index >= 15 is 0 Å². The molecule has 3 heteroatoms. The van der Waals surface area contributed by atoms with Crippen molar-refractivity contribution in [2.45, 2.75) is 77.3 Å². The molecule has 1 atom stereocenters. The van der Waals surface area contributed by atoms with E-state index < -0.39 is 5.54 Å². The van der Waals surface area contributed by atoms with Gasteiger partial charge in [-0.3, -0.25) is 4.79 Å². The third kappa shape index (κ3) is 3.44. The summed E-state index contributed by atoms with van der Waals surface area (Å²) in [4.78, 5) is 14.6. The SMILES string of the molecule is CCCCN(C(=O)C1(N)CCCC1)C(C)CC. The van der Waals surface area contributed by atoms with Gasteiger partial charge in [-0.25, -0.2) is 0 Å². The van der Waals surface area contributed by atoms with E-state index in [4.69, 9.17) is 5.73 Å². The molecule has 1 aliphatic carbocycles. The first-order valence-electron chi connectivity index (χ1n) is 7.15. The standard InChI is InChI=1S/C14H28N2O/c1-4-6-11-16(12(3)5-2)13(17)14(15)9-7-8-10-14/h12H,4-11,15H2,1-3H3. The summed E-state index contributed by atoms with van der Waals surface area (Å²) in [7, 11) is 0. The summed E-state index contributed by atoms with van der Waals surface area (Å²) in [6, 6.07) is 0.315. The molecule has 0 heterocycles. The van der Waals surface area contributed by atoms with Crippen molar-refractivity contribution < 1.29 is 4.79 Å². The number of carbonyl (C=O) groups is 1. The van der Waals surface area contributed by atoms with Gasteiger partial charge in [-0.1, -0.05) is 33.1 Å². The van der Waals surface area contributed by atoms with Crippen molar-refractivity contribution in [3.8, 4) is 0 Å². The van der Waals surface area contributed by atoms with Crippen molar-refractivity contribution in [1.82, 2.24) is 4.90 Å². The Labute approximate surface area is 106 Å². The first-order valence-corrected chi connectivity index (χ1v) is 7.15. The van der Waals surface area contributed by atoms with Crippen LogP contribution in [0.2, 0.25) is 0 Å². The molecule has 3 nitrogen and oxygen atoms in total. The Hall–Kier alpha value is -0.570. The van der Waals surface area contributed by atoms with Crippen molar-refractivity contribution in [2.24, 2.45) is 5.73 Å². The summed E-state index contributed by atoms with van der Waals surface area (Å²) in [5.41, 5.74) is 5.72. The first kappa shape index (κ1) is 14.5. The molecule has 1 rings (SSSR count). The zero-order valence-corrected chi connectivity index (χ0v) is 11.7. The summed E-state index contributed by atoms with van der Waals surface area (Å²) in [5.74, 6) is 0.192. The molecule has 0 saturated heterocycles. The fraction of sp³-hybridized carbons (Fsp3) is 0.929. The van der Waals surface area contributed by atoms with Crippen LogP contribution in [-0.4, -0.2) is 28.9 Å². The van der Waals surface area contributed by atoms with Crippen LogP contribution in [0.15, 0.2) is 0 Å². The molecule has 17 heavy (non-hydrogen) atoms. The minimum atomic E-state index is -0.558. The Morgan fingerprint density at radius 2 is 1.94 bits per heavy atom. The van der Waals surface area contributed by atoms with E-state index in [9.17, 15) is 4.79 Å². The summed E-state index contributed by atoms with van der Waals surface area (Å²) in [6.07, 6.45) is 7.14. The van der Waals surface area contributed by atoms with Crippen molar-refractivity contribution in [2.75, 3.05) is 6.54 Å². The highest BCUT2D eigenvalue weighted by Crippen LogP contribution is 2.30. The number of hydrogen-bond acceptors (Lipinski definition) is 2. The zero-order chi connectivity index (χ0) is 12.9. The summed E-state index contributed by atoms with van der Waals surface area (Å²) in [5, 5.41) is 0. The van der Waals surface area contributed by atoms with Crippen molar-refractivity contribution in [1.29, 1.82) is 0 Å². The van der Waals surface area contributed by atoms with Crippen LogP contribution in [0.1, 0.15) is 65.7 Å². The van der Waals surface area contributed by atoms with Gasteiger partial charge in [-0.15, -0.1) is 0 Å². The normalized spacial score (nSPS) is 20.2. The highest BCUT2D eigenvalue weighted by Gasteiger charge is 2.40. The van der Waals surface area contributed by atoms with E-state index in [1.807, 2.05) is 4.90 Å². The summed E-state index contributed by atoms with van der Waals surface area (Å²) < 4.78 is 0. The van der Waals surface area contributed by atoms with Gasteiger partial charge in [0.1, 0.15) is 0 Å². The van der Waals surface area contributed by atoms with E-state index in [2.05, 4.69) is 20.8 Å². The van der Waals surface area contributed by atoms with Gasteiger partial charge in [0, 0.05) is 12.6 Å². The Bertz CT molecular complexity index is 247. The van der Waals surface area contributed by atoms with E-state index in [0.717, 1.165) is 51.5 Å². The topological polar surface area (TPSA) is 46.3 Å². The van der Waals surface area contributed by atoms with Crippen LogP contribution in [0.25, 0.3) is 0 Å². The van der Waals surface area contributed by atoms with Crippen molar-refractivity contribution in [3.63, 3.8) is 0 Å². The van der Waals surface area contributed by atoms with Gasteiger partial charge < -0.3 is 10.6 Å². The molecule has 0 aromatic heterocycles. The quantitative estimate of drug-likeness (QED) is 0.776. The van der Waals surface area contributed by atoms with Crippen LogP contribution in [0.4, 0.5) is 0 Å². The van der Waals surface area contributed by atoms with Crippen LogP contribution >= 0.6 is 0 Å². The van der Waals surface area contributed by atoms with Crippen molar-refractivity contribution in [3.05, 3.63) is 0 Å². The van der Waals surface area contributed by atoms with E-state index in [1.54, 1.807) is 0 Å². The smallest absolute Gasteiger partial charge is 0.242 e. The first-order chi connectivity index (χ1) is 8.05. The van der Waals surface area contributed by atoms with Crippen LogP contribution < -0.4 is 5.73 Å². The number of unbranched alkanes of at least 4 members (excludes halogenated alkanes) is 1. The fourth-order valence-corrected chi connectivity index (χ4v) is 2.58. The molecule has 0 aromatic carbocycles. The number of rotatable bonds is 6. The third-order valence-corrected chi connectivity index (χ3v) is 4.06. The molecule has 1 aliphatic rings. The monoisotopic (exact) mass is 240 g/mol. The molecular weight excluding hydrogens is 212 g/mol. The molecule has 1 fully saturated rings. The maximum Gasteiger partial charge on any atom is 0.242 e. The molecular formula is C14H28N2O. The maximum absolute atomic E-state index is 12.6. The molecule has 0 spiro atoms. The molecule has 0 radical (unpaired) electrons. The Morgan fingerprint density at radius 1 is 1.35 bits per heavy atom. The Morgan fingerprint density at radius 3 is 2.41 bits per heavy atom. The predicted molar refractivity (Wildman–Crippen MR) is 71.8 cm³/mol. The fourth-order valence-electron chi connectivity index (χ4n) is 2.58. The summed E-state index contributed by atoms with van der Waals surface area (Å²) in [6.45, 7) is 7.29. The van der Waals surface area contributed by atoms with Crippen molar-refractivity contribution >= 4 is 5.91 Å². The number of nitrogens with two attached hydrogens (primary N) is 1. The lowest BCUT2D eigenvalue weighted by atomic mass is 9.96. The average molecular weight is 240 g/mol. The molecule has 1 unspecified atom stereocenters. The third-order valence-electron chi connectivity index (χ3n) is 4.06. The van der Waals surface area contributed by atoms with E-state index in [-0.39, 0.29) is 5.91 Å². The lowest BCUT2D eigenvalue weighted by molar-refractivity contribution is -0.139. The van der Waals surface area contributed by atoms with E-state index in [1.165, 1.54) is 0 Å². The molecule has 1 saturated carbocycles. The second kappa shape index (κ2) is 6.39. The molecule has 0 aliphatic heterocycles. The lowest BCUT2D eigenvalue weighted by Crippen LogP contribution is -2.56. The van der Waals surface area contributed by atoms with Gasteiger partial charge in [0.05, 0.1) is 5.54 Å². The summed E-state index contributed by atoms with van der Waals surface area (Å²) >= 11 is 0. The minimum Gasteiger partial charge on any atom is -0.338 e. The second-order valence-corrected chi connectivity index (χ2v) is 5.47. The second-order valence-electron chi connectivity index (χ2n) is 5.47. The molecule has 1 amide bonds. The van der Waals surface area contributed by atoms with Crippen LogP contribution in [-0.2, 0) is 4.79 Å². The average Bonchev–Trinajstić information content (AvgIpc) is 2.77. The van der Waals surface area contributed by atoms with Crippen LogP contribution in [0.3, 0.4) is 0 Å². The zero-order valence-electron chi connectivity index (χ0n) is 11.7. The van der Waals surface area contributed by atoms with E-state index in [0.29, 0.717) is 6.04 Å². The lowest BCUT2D eigenvalue weighted by Gasteiger charge is -2.35. The number of nitrogens with zero attached hydrogens (tertiary/aromatic N) is 1. The van der Waals surface area contributed by atoms with Gasteiger partial charge in [0.2, 0.25) is 5.91 Å². The van der Waals surface area contributed by atoms with Crippen LogP contribution in [0.5, 0.6) is 0 Å². The van der Waals surface area contributed by atoms with Crippen LogP contribution in [0, 0.1) is 0 Å². The highest BCUT2D eigenvalue weighted by molar-refractivity contribution is 5.86. The molecule has 100 valence electrons. The molecule has 0 aromatic rings. The molecule has 2 N–H and O–H groups in total. The largest absolute Gasteiger partial charge is 0.338 e. The van der Waals surface area contributed by atoms with Gasteiger partial charge in [-0.2, -0.15) is 0 Å². The van der Waals surface area contributed by atoms with Gasteiger partial charge in [-0.05, 0) is 32.6 Å². The van der Waals surface area contributed by atoms with Gasteiger partial charge in [0.25, 0.3) is 0 Å².